The molecule has 2 saturated heterocycles. The molecule has 0 bridgehead atoms. The van der Waals surface area contributed by atoms with E-state index < -0.39 is 14.6 Å². The van der Waals surface area contributed by atoms with Crippen LogP contribution >= 0.6 is 0 Å². The highest BCUT2D eigenvalue weighted by Gasteiger charge is 2.47. The fraction of sp³-hybridized carbons (Fsp3) is 0.700. The molecule has 2 aliphatic heterocycles. The van der Waals surface area contributed by atoms with E-state index in [1.807, 2.05) is 79.7 Å². The van der Waals surface area contributed by atoms with Crippen molar-refractivity contribution in [1.29, 1.82) is 0 Å². The molecule has 6 nitrogen and oxygen atoms in total. The lowest BCUT2D eigenvalue weighted by Gasteiger charge is -2.43. The fourth-order valence-corrected chi connectivity index (χ4v) is 4.22. The molecule has 2 aliphatic rings. The van der Waals surface area contributed by atoms with Gasteiger partial charge in [-0.2, -0.15) is 0 Å². The van der Waals surface area contributed by atoms with Crippen LogP contribution in [0.25, 0.3) is 0 Å². The molecule has 0 unspecified atom stereocenters. The summed E-state index contributed by atoms with van der Waals surface area (Å²) in [6.07, 6.45) is 1.58. The topological polar surface area (TPSA) is 55.4 Å². The van der Waals surface area contributed by atoms with Crippen LogP contribution < -0.4 is 9.31 Å². The Morgan fingerprint density at radius 2 is 0.821 bits per heavy atom. The molecule has 0 amide bonds. The Balaban J connectivity index is 1.61. The third-order valence-corrected chi connectivity index (χ3v) is 4.65. The van der Waals surface area contributed by atoms with Gasteiger partial charge < -0.3 is 27.9 Å². The first-order valence-corrected chi connectivity index (χ1v) is 9.87. The molecule has 0 spiro atoms. The molecular weight excluding hydrogens is 358 g/mol. The van der Waals surface area contributed by atoms with Crippen LogP contribution in [0.2, 0.25) is 0 Å². The van der Waals surface area contributed by atoms with E-state index >= 15 is 0 Å². The lowest BCUT2D eigenvalue weighted by molar-refractivity contribution is -0.0991. The van der Waals surface area contributed by atoms with E-state index in [0.29, 0.717) is 11.5 Å². The van der Waals surface area contributed by atoms with Gasteiger partial charge in [-0.1, -0.05) is 0 Å². The van der Waals surface area contributed by atoms with Crippen LogP contribution in [0.1, 0.15) is 68.2 Å². The van der Waals surface area contributed by atoms with Gasteiger partial charge >= 0.3 is 14.6 Å². The van der Waals surface area contributed by atoms with Crippen molar-refractivity contribution < 1.29 is 27.9 Å². The maximum Gasteiger partial charge on any atom is 0.713 e. The molecule has 3 rings (SSSR count). The maximum absolute atomic E-state index is 5.90. The first-order chi connectivity index (χ1) is 12.7. The van der Waals surface area contributed by atoms with Gasteiger partial charge in [0.1, 0.15) is 11.5 Å². The van der Waals surface area contributed by atoms with Crippen LogP contribution in [0.3, 0.4) is 0 Å². The van der Waals surface area contributed by atoms with Crippen molar-refractivity contribution in [3.05, 3.63) is 24.3 Å². The van der Waals surface area contributed by atoms with Crippen molar-refractivity contribution in [3.63, 3.8) is 0 Å². The molecule has 0 atom stereocenters. The largest absolute Gasteiger partial charge is 0.713 e. The van der Waals surface area contributed by atoms with Gasteiger partial charge in [0.05, 0.1) is 22.4 Å². The summed E-state index contributed by atoms with van der Waals surface area (Å²) in [5.41, 5.74) is -1.26. The van der Waals surface area contributed by atoms with Crippen molar-refractivity contribution >= 4 is 14.6 Å². The number of hydrogen-bond acceptors (Lipinski definition) is 6. The average Bonchev–Trinajstić information content (AvgIpc) is 2.42. The zero-order valence-corrected chi connectivity index (χ0v) is 18.3. The molecule has 0 saturated carbocycles. The smallest absolute Gasteiger partial charge is 0.512 e. The van der Waals surface area contributed by atoms with E-state index in [-0.39, 0.29) is 22.4 Å². The van der Waals surface area contributed by atoms with Crippen molar-refractivity contribution in [2.75, 3.05) is 0 Å². The maximum atomic E-state index is 5.90. The lowest BCUT2D eigenvalue weighted by atomic mass is 9.86. The molecule has 0 aliphatic carbocycles. The molecular formula is C20H32B2O6. The normalized spacial score (nSPS) is 25.3. The quantitative estimate of drug-likeness (QED) is 0.711. The summed E-state index contributed by atoms with van der Waals surface area (Å²) < 4.78 is 35.3. The molecule has 2 fully saturated rings. The van der Waals surface area contributed by atoms with Gasteiger partial charge in [-0.3, -0.25) is 0 Å². The van der Waals surface area contributed by atoms with Gasteiger partial charge in [-0.15, -0.1) is 0 Å². The zero-order chi connectivity index (χ0) is 20.8. The van der Waals surface area contributed by atoms with Crippen molar-refractivity contribution in [2.24, 2.45) is 0 Å². The van der Waals surface area contributed by atoms with Crippen molar-refractivity contribution in [1.82, 2.24) is 0 Å². The van der Waals surface area contributed by atoms with Gasteiger partial charge in [0.2, 0.25) is 0 Å². The summed E-state index contributed by atoms with van der Waals surface area (Å²) in [4.78, 5) is 0. The standard InChI is InChI=1S/C20H32B2O6/c1-17(2)13-18(3,4)26-21(25-17)23-15-9-11-16(12-10-15)24-22-27-19(5,6)14-20(7,8)28-22/h9-12H,13-14H2,1-8H3. The number of benzene rings is 1. The third-order valence-electron chi connectivity index (χ3n) is 4.65. The number of rotatable bonds is 4. The summed E-state index contributed by atoms with van der Waals surface area (Å²) in [5, 5.41) is 0. The first kappa shape index (κ1) is 21.5. The minimum absolute atomic E-state index is 0.315. The Morgan fingerprint density at radius 3 is 1.07 bits per heavy atom. The highest BCUT2D eigenvalue weighted by molar-refractivity contribution is 6.38. The second-order valence-electron chi connectivity index (χ2n) is 10.1. The van der Waals surface area contributed by atoms with E-state index in [1.54, 1.807) is 0 Å². The lowest BCUT2D eigenvalue weighted by Crippen LogP contribution is -2.54. The summed E-state index contributed by atoms with van der Waals surface area (Å²) in [5.74, 6) is 1.27. The Bertz CT molecular complexity index is 595. The summed E-state index contributed by atoms with van der Waals surface area (Å²) >= 11 is 0. The van der Waals surface area contributed by atoms with E-state index in [9.17, 15) is 0 Å². The van der Waals surface area contributed by atoms with Gasteiger partial charge in [-0.05, 0) is 79.7 Å². The predicted octanol–water partition coefficient (Wildman–Crippen LogP) is 4.40. The third kappa shape index (κ3) is 5.89. The predicted molar refractivity (Wildman–Crippen MR) is 109 cm³/mol. The monoisotopic (exact) mass is 390 g/mol. The van der Waals surface area contributed by atoms with Crippen LogP contribution in [0.4, 0.5) is 0 Å². The molecule has 1 aromatic carbocycles. The second kappa shape index (κ2) is 7.24. The second-order valence-corrected chi connectivity index (χ2v) is 10.1. The first-order valence-electron chi connectivity index (χ1n) is 9.87. The highest BCUT2D eigenvalue weighted by atomic mass is 16.8. The molecule has 0 N–H and O–H groups in total. The van der Waals surface area contributed by atoms with Gasteiger partial charge in [0.25, 0.3) is 0 Å². The van der Waals surface area contributed by atoms with E-state index in [2.05, 4.69) is 0 Å². The van der Waals surface area contributed by atoms with Crippen LogP contribution in [0, 0.1) is 0 Å². The van der Waals surface area contributed by atoms with Gasteiger partial charge in [0.15, 0.2) is 0 Å². The Kier molecular flexibility index (Phi) is 5.56. The number of hydrogen-bond donors (Lipinski definition) is 0. The Labute approximate surface area is 169 Å². The summed E-state index contributed by atoms with van der Waals surface area (Å²) in [6, 6.07) is 7.26. The van der Waals surface area contributed by atoms with Crippen LogP contribution in [0.15, 0.2) is 24.3 Å². The average molecular weight is 390 g/mol. The molecule has 1 aromatic rings. The minimum atomic E-state index is -0.753. The zero-order valence-electron chi connectivity index (χ0n) is 18.3. The Hall–Kier alpha value is -1.21. The molecule has 8 heteroatoms. The molecule has 28 heavy (non-hydrogen) atoms. The molecule has 0 aromatic heterocycles. The molecule has 2 heterocycles. The van der Waals surface area contributed by atoms with E-state index in [1.165, 1.54) is 0 Å². The molecule has 154 valence electrons. The highest BCUT2D eigenvalue weighted by Crippen LogP contribution is 2.35. The van der Waals surface area contributed by atoms with Crippen LogP contribution in [-0.2, 0) is 18.6 Å². The fourth-order valence-electron chi connectivity index (χ4n) is 4.22. The SMILES string of the molecule is CC1(C)CC(C)(C)OB(Oc2ccc(OB3OC(C)(C)CC(C)(C)O3)cc2)O1. The minimum Gasteiger partial charge on any atom is -0.512 e. The van der Waals surface area contributed by atoms with Crippen LogP contribution in [0.5, 0.6) is 11.5 Å². The molecule has 0 radical (unpaired) electrons. The van der Waals surface area contributed by atoms with E-state index in [4.69, 9.17) is 27.9 Å². The van der Waals surface area contributed by atoms with Gasteiger partial charge in [0, 0.05) is 12.8 Å². The summed E-state index contributed by atoms with van der Waals surface area (Å²) in [7, 11) is -1.51. The van der Waals surface area contributed by atoms with E-state index in [0.717, 1.165) is 12.8 Å². The summed E-state index contributed by atoms with van der Waals surface area (Å²) in [6.45, 7) is 16.3. The van der Waals surface area contributed by atoms with Gasteiger partial charge in [-0.25, -0.2) is 0 Å². The van der Waals surface area contributed by atoms with Crippen molar-refractivity contribution in [3.8, 4) is 11.5 Å². The van der Waals surface area contributed by atoms with Crippen molar-refractivity contribution in [2.45, 2.75) is 90.6 Å². The van der Waals surface area contributed by atoms with Crippen LogP contribution in [-0.4, -0.2) is 37.0 Å². The Morgan fingerprint density at radius 1 is 0.571 bits per heavy atom.